The van der Waals surface area contributed by atoms with E-state index < -0.39 is 0 Å². The van der Waals surface area contributed by atoms with Crippen LogP contribution in [0.2, 0.25) is 0 Å². The summed E-state index contributed by atoms with van der Waals surface area (Å²) < 4.78 is 10.2. The lowest BCUT2D eigenvalue weighted by molar-refractivity contribution is -0.142. The summed E-state index contributed by atoms with van der Waals surface area (Å²) in [4.78, 5) is 34.3. The van der Waals surface area contributed by atoms with Crippen LogP contribution in [-0.2, 0) is 16.0 Å². The molecule has 0 fully saturated rings. The lowest BCUT2D eigenvalue weighted by atomic mass is 10.1. The molecule has 0 bridgehead atoms. The predicted molar refractivity (Wildman–Crippen MR) is 110 cm³/mol. The molecule has 0 saturated carbocycles. The van der Waals surface area contributed by atoms with E-state index in [1.807, 2.05) is 17.5 Å². The molecule has 1 amide bonds. The highest BCUT2D eigenvalue weighted by atomic mass is 32.1. The van der Waals surface area contributed by atoms with Gasteiger partial charge in [-0.05, 0) is 31.4 Å². The lowest BCUT2D eigenvalue weighted by Crippen LogP contribution is -2.13. The maximum absolute atomic E-state index is 13.0. The topological polar surface area (TPSA) is 107 Å². The second kappa shape index (κ2) is 8.10. The van der Waals surface area contributed by atoms with Gasteiger partial charge in [-0.1, -0.05) is 11.2 Å². The van der Waals surface area contributed by atoms with Crippen molar-refractivity contribution < 1.29 is 18.8 Å². The van der Waals surface area contributed by atoms with E-state index in [2.05, 4.69) is 20.4 Å². The molecule has 10 heteroatoms. The third-order valence-corrected chi connectivity index (χ3v) is 5.74. The van der Waals surface area contributed by atoms with E-state index in [4.69, 9.17) is 9.26 Å². The van der Waals surface area contributed by atoms with Gasteiger partial charge in [-0.3, -0.25) is 14.9 Å². The molecular weight excluding hydrogens is 412 g/mol. The molecule has 0 radical (unpaired) electrons. The molecule has 0 unspecified atom stereocenters. The minimum Gasteiger partial charge on any atom is -0.466 e. The van der Waals surface area contributed by atoms with Crippen molar-refractivity contribution in [3.63, 3.8) is 0 Å². The number of rotatable bonds is 6. The molecule has 8 nitrogen and oxygen atoms in total. The number of thiophene rings is 1. The third kappa shape index (κ3) is 4.03. The Balaban J connectivity index is 1.62. The van der Waals surface area contributed by atoms with E-state index in [1.165, 1.54) is 22.7 Å². The molecule has 1 N–H and O–H groups in total. The highest BCUT2D eigenvalue weighted by molar-refractivity contribution is 7.14. The number of ether oxygens (including phenoxy) is 1. The molecule has 0 spiro atoms. The number of anilines is 1. The summed E-state index contributed by atoms with van der Waals surface area (Å²) in [6.07, 6.45) is 0.0625. The number of carbonyl (C=O) groups excluding carboxylic acids is 2. The van der Waals surface area contributed by atoms with Gasteiger partial charge in [0.25, 0.3) is 11.6 Å². The summed E-state index contributed by atoms with van der Waals surface area (Å²) >= 11 is 2.76. The van der Waals surface area contributed by atoms with Gasteiger partial charge < -0.3 is 9.26 Å². The van der Waals surface area contributed by atoms with Crippen LogP contribution >= 0.6 is 22.7 Å². The Bertz CT molecular complexity index is 1180. The van der Waals surface area contributed by atoms with Crippen LogP contribution in [0, 0.1) is 6.92 Å². The Morgan fingerprint density at radius 2 is 2.14 bits per heavy atom. The number of aromatic nitrogens is 3. The van der Waals surface area contributed by atoms with Gasteiger partial charge in [0, 0.05) is 5.38 Å². The Kier molecular flexibility index (Phi) is 5.36. The fourth-order valence-electron chi connectivity index (χ4n) is 2.79. The van der Waals surface area contributed by atoms with Crippen LogP contribution in [0.5, 0.6) is 0 Å². The Hall–Kier alpha value is -3.11. The fourth-order valence-corrected chi connectivity index (χ4v) is 4.19. The van der Waals surface area contributed by atoms with Gasteiger partial charge in [-0.2, -0.15) is 0 Å². The van der Waals surface area contributed by atoms with Gasteiger partial charge in [-0.15, -0.1) is 22.7 Å². The first-order valence-electron chi connectivity index (χ1n) is 8.77. The summed E-state index contributed by atoms with van der Waals surface area (Å²) in [5.74, 6) is -0.703. The number of pyridine rings is 1. The first-order chi connectivity index (χ1) is 14.0. The average Bonchev–Trinajstić information content (AvgIpc) is 3.43. The van der Waals surface area contributed by atoms with Crippen molar-refractivity contribution in [1.29, 1.82) is 0 Å². The highest BCUT2D eigenvalue weighted by Gasteiger charge is 2.21. The fraction of sp³-hybridized carbons (Fsp3) is 0.211. The summed E-state index contributed by atoms with van der Waals surface area (Å²) in [5, 5.41) is 11.3. The van der Waals surface area contributed by atoms with Crippen LogP contribution in [0.3, 0.4) is 0 Å². The predicted octanol–water partition coefficient (Wildman–Crippen LogP) is 4.07. The Morgan fingerprint density at radius 3 is 2.90 bits per heavy atom. The van der Waals surface area contributed by atoms with Crippen molar-refractivity contribution in [3.8, 4) is 10.6 Å². The molecule has 0 atom stereocenters. The largest absolute Gasteiger partial charge is 0.466 e. The zero-order valence-corrected chi connectivity index (χ0v) is 17.2. The van der Waals surface area contributed by atoms with Gasteiger partial charge >= 0.3 is 5.97 Å². The summed E-state index contributed by atoms with van der Waals surface area (Å²) in [6.45, 7) is 3.82. The van der Waals surface area contributed by atoms with Crippen molar-refractivity contribution in [3.05, 3.63) is 45.9 Å². The van der Waals surface area contributed by atoms with Crippen LogP contribution < -0.4 is 5.32 Å². The van der Waals surface area contributed by atoms with Crippen molar-refractivity contribution in [2.45, 2.75) is 20.3 Å². The smallest absolute Gasteiger partial charge is 0.311 e. The van der Waals surface area contributed by atoms with E-state index in [9.17, 15) is 9.59 Å². The second-order valence-corrected chi connectivity index (χ2v) is 7.87. The third-order valence-electron chi connectivity index (χ3n) is 4.04. The lowest BCUT2D eigenvalue weighted by Gasteiger charge is -2.05. The van der Waals surface area contributed by atoms with Crippen LogP contribution in [0.15, 0.2) is 33.5 Å². The number of aryl methyl sites for hydroxylation is 1. The van der Waals surface area contributed by atoms with Crippen LogP contribution in [-0.4, -0.2) is 33.6 Å². The number of fused-ring (bicyclic) bond motifs is 1. The zero-order chi connectivity index (χ0) is 20.4. The normalized spacial score (nSPS) is 11.0. The van der Waals surface area contributed by atoms with Gasteiger partial charge in [-0.25, -0.2) is 9.97 Å². The molecule has 0 aliphatic rings. The van der Waals surface area contributed by atoms with E-state index in [1.54, 1.807) is 25.3 Å². The zero-order valence-electron chi connectivity index (χ0n) is 15.6. The number of amides is 1. The molecule has 148 valence electrons. The van der Waals surface area contributed by atoms with Gasteiger partial charge in [0.2, 0.25) is 0 Å². The molecule has 4 aromatic heterocycles. The number of thiazole rings is 1. The molecule has 0 aromatic carbocycles. The molecule has 0 aliphatic carbocycles. The maximum Gasteiger partial charge on any atom is 0.311 e. The number of carbonyl (C=O) groups is 2. The van der Waals surface area contributed by atoms with E-state index in [0.29, 0.717) is 45.5 Å². The summed E-state index contributed by atoms with van der Waals surface area (Å²) in [6, 6.07) is 5.56. The molecule has 4 heterocycles. The summed E-state index contributed by atoms with van der Waals surface area (Å²) in [7, 11) is 0. The minimum atomic E-state index is -0.354. The molecular formula is C19H16N4O4S2. The minimum absolute atomic E-state index is 0.0625. The quantitative estimate of drug-likeness (QED) is 0.461. The van der Waals surface area contributed by atoms with Gasteiger partial charge in [0.05, 0.1) is 45.9 Å². The Labute approximate surface area is 173 Å². The van der Waals surface area contributed by atoms with Crippen molar-refractivity contribution >= 4 is 50.8 Å². The highest BCUT2D eigenvalue weighted by Crippen LogP contribution is 2.30. The first-order valence-corrected chi connectivity index (χ1v) is 10.5. The van der Waals surface area contributed by atoms with E-state index >= 15 is 0 Å². The number of hydrogen-bond donors (Lipinski definition) is 1. The molecule has 0 saturated heterocycles. The summed E-state index contributed by atoms with van der Waals surface area (Å²) in [5.41, 5.74) is 2.47. The number of esters is 1. The SMILES string of the molecule is CCOC(=O)Cc1csc(NC(=O)c2cc(-c3cccs3)nc3onc(C)c23)n1. The van der Waals surface area contributed by atoms with Crippen molar-refractivity contribution in [2.75, 3.05) is 11.9 Å². The molecule has 4 aromatic rings. The number of nitrogens with one attached hydrogen (secondary N) is 1. The van der Waals surface area contributed by atoms with E-state index in [0.717, 1.165) is 4.88 Å². The molecule has 0 aliphatic heterocycles. The molecule has 4 rings (SSSR count). The van der Waals surface area contributed by atoms with Gasteiger partial charge in [0.15, 0.2) is 5.13 Å². The number of hydrogen-bond acceptors (Lipinski definition) is 9. The van der Waals surface area contributed by atoms with Gasteiger partial charge in [0.1, 0.15) is 0 Å². The maximum atomic E-state index is 13.0. The Morgan fingerprint density at radius 1 is 1.28 bits per heavy atom. The monoisotopic (exact) mass is 428 g/mol. The number of nitrogens with zero attached hydrogens (tertiary/aromatic N) is 3. The van der Waals surface area contributed by atoms with Crippen LogP contribution in [0.1, 0.15) is 28.7 Å². The second-order valence-electron chi connectivity index (χ2n) is 6.06. The average molecular weight is 428 g/mol. The standard InChI is InChI=1S/C19H16N4O4S2/c1-3-26-15(24)7-11-9-29-19(20-11)22-17(25)12-8-13(14-5-4-6-28-14)21-18-16(12)10(2)23-27-18/h4-6,8-9H,3,7H2,1-2H3,(H,20,22,25). The van der Waals surface area contributed by atoms with E-state index in [-0.39, 0.29) is 18.3 Å². The first kappa shape index (κ1) is 19.2. The van der Waals surface area contributed by atoms with Crippen molar-refractivity contribution in [2.24, 2.45) is 0 Å². The molecule has 29 heavy (non-hydrogen) atoms. The van der Waals surface area contributed by atoms with Crippen LogP contribution in [0.25, 0.3) is 21.7 Å². The van der Waals surface area contributed by atoms with Crippen LogP contribution in [0.4, 0.5) is 5.13 Å². The van der Waals surface area contributed by atoms with Crippen molar-refractivity contribution in [1.82, 2.24) is 15.1 Å².